The van der Waals surface area contributed by atoms with Gasteiger partial charge in [-0.25, -0.2) is 8.42 Å². The van der Waals surface area contributed by atoms with Crippen LogP contribution in [-0.4, -0.2) is 20.6 Å². The van der Waals surface area contributed by atoms with Crippen molar-refractivity contribution in [2.24, 2.45) is 0 Å². The molecule has 0 aliphatic carbocycles. The minimum absolute atomic E-state index is 0.0996. The van der Waals surface area contributed by atoms with Crippen LogP contribution in [0.3, 0.4) is 0 Å². The van der Waals surface area contributed by atoms with Crippen molar-refractivity contribution in [3.05, 3.63) is 52.5 Å². The molecule has 0 spiro atoms. The van der Waals surface area contributed by atoms with E-state index in [1.165, 1.54) is 13.2 Å². The number of halogens is 1. The second kappa shape index (κ2) is 6.46. The summed E-state index contributed by atoms with van der Waals surface area (Å²) in [4.78, 5) is 0.0996. The highest BCUT2D eigenvalue weighted by molar-refractivity contribution is 9.10. The molecular formula is C14H14BrNO4S. The molecule has 0 fully saturated rings. The second-order valence-electron chi connectivity index (χ2n) is 4.26. The van der Waals surface area contributed by atoms with Crippen LogP contribution in [0.25, 0.3) is 0 Å². The monoisotopic (exact) mass is 371 g/mol. The van der Waals surface area contributed by atoms with Crippen molar-refractivity contribution in [3.63, 3.8) is 0 Å². The highest BCUT2D eigenvalue weighted by Crippen LogP contribution is 2.26. The van der Waals surface area contributed by atoms with Gasteiger partial charge < -0.3 is 9.84 Å². The Kier molecular flexibility index (Phi) is 4.87. The highest BCUT2D eigenvalue weighted by Gasteiger charge is 2.18. The van der Waals surface area contributed by atoms with Crippen LogP contribution < -0.4 is 9.46 Å². The first-order chi connectivity index (χ1) is 9.96. The quantitative estimate of drug-likeness (QED) is 0.846. The summed E-state index contributed by atoms with van der Waals surface area (Å²) in [5, 5.41) is 9.05. The standard InChI is InChI=1S/C14H14BrNO4S/c1-20-12-4-2-3-11(8-12)16-21(18,19)14-6-5-10(9-17)7-13(14)15/h2-8,16-17H,9H2,1H3. The van der Waals surface area contributed by atoms with Gasteiger partial charge in [-0.2, -0.15) is 0 Å². The first-order valence-corrected chi connectivity index (χ1v) is 8.30. The number of hydrogen-bond donors (Lipinski definition) is 2. The van der Waals surface area contributed by atoms with Crippen LogP contribution in [-0.2, 0) is 16.6 Å². The van der Waals surface area contributed by atoms with Crippen LogP contribution in [0, 0.1) is 0 Å². The topological polar surface area (TPSA) is 75.6 Å². The molecule has 0 saturated heterocycles. The van der Waals surface area contributed by atoms with Gasteiger partial charge in [-0.15, -0.1) is 0 Å². The van der Waals surface area contributed by atoms with Crippen LogP contribution in [0.2, 0.25) is 0 Å². The maximum absolute atomic E-state index is 12.4. The highest BCUT2D eigenvalue weighted by atomic mass is 79.9. The predicted octanol–water partition coefficient (Wildman–Crippen LogP) is 2.75. The van der Waals surface area contributed by atoms with E-state index in [4.69, 9.17) is 9.84 Å². The lowest BCUT2D eigenvalue weighted by atomic mass is 10.2. The Morgan fingerprint density at radius 1 is 1.24 bits per heavy atom. The number of anilines is 1. The number of benzene rings is 2. The van der Waals surface area contributed by atoms with Gasteiger partial charge >= 0.3 is 0 Å². The number of rotatable bonds is 5. The zero-order valence-electron chi connectivity index (χ0n) is 11.2. The lowest BCUT2D eigenvalue weighted by Crippen LogP contribution is -2.13. The maximum Gasteiger partial charge on any atom is 0.263 e. The van der Waals surface area contributed by atoms with Crippen molar-refractivity contribution in [1.82, 2.24) is 0 Å². The molecule has 0 atom stereocenters. The summed E-state index contributed by atoms with van der Waals surface area (Å²) < 4.78 is 32.7. The molecule has 112 valence electrons. The summed E-state index contributed by atoms with van der Waals surface area (Å²) in [6.07, 6.45) is 0. The predicted molar refractivity (Wildman–Crippen MR) is 83.9 cm³/mol. The minimum atomic E-state index is -3.73. The van der Waals surface area contributed by atoms with Gasteiger partial charge in [0, 0.05) is 10.5 Å². The third kappa shape index (κ3) is 3.75. The van der Waals surface area contributed by atoms with Crippen LogP contribution in [0.15, 0.2) is 51.8 Å². The van der Waals surface area contributed by atoms with E-state index in [1.54, 1.807) is 36.4 Å². The van der Waals surface area contributed by atoms with Crippen LogP contribution in [0.1, 0.15) is 5.56 Å². The Morgan fingerprint density at radius 2 is 2.00 bits per heavy atom. The molecule has 2 aromatic carbocycles. The van der Waals surface area contributed by atoms with E-state index in [0.29, 0.717) is 21.5 Å². The van der Waals surface area contributed by atoms with E-state index in [0.717, 1.165) is 0 Å². The number of ether oxygens (including phenoxy) is 1. The molecule has 0 unspecified atom stereocenters. The Balaban J connectivity index is 2.33. The van der Waals surface area contributed by atoms with Gasteiger partial charge in [0.15, 0.2) is 0 Å². The molecule has 0 radical (unpaired) electrons. The zero-order valence-corrected chi connectivity index (χ0v) is 13.6. The minimum Gasteiger partial charge on any atom is -0.497 e. The zero-order chi connectivity index (χ0) is 15.5. The van der Waals surface area contributed by atoms with Gasteiger partial charge in [0.25, 0.3) is 10.0 Å². The molecule has 0 aliphatic rings. The van der Waals surface area contributed by atoms with E-state index < -0.39 is 10.0 Å². The van der Waals surface area contributed by atoms with Crippen molar-refractivity contribution in [3.8, 4) is 5.75 Å². The first kappa shape index (κ1) is 15.8. The van der Waals surface area contributed by atoms with Gasteiger partial charge in [-0.3, -0.25) is 4.72 Å². The van der Waals surface area contributed by atoms with E-state index in [-0.39, 0.29) is 11.5 Å². The number of methoxy groups -OCH3 is 1. The van der Waals surface area contributed by atoms with E-state index in [1.807, 2.05) is 0 Å². The molecule has 5 nitrogen and oxygen atoms in total. The fraction of sp³-hybridized carbons (Fsp3) is 0.143. The molecule has 0 heterocycles. The summed E-state index contributed by atoms with van der Waals surface area (Å²) in [6.45, 7) is -0.151. The Labute approximate surface area is 131 Å². The largest absolute Gasteiger partial charge is 0.497 e. The summed E-state index contributed by atoms with van der Waals surface area (Å²) in [7, 11) is -2.22. The maximum atomic E-state index is 12.4. The van der Waals surface area contributed by atoms with Crippen molar-refractivity contribution in [2.45, 2.75) is 11.5 Å². The molecule has 21 heavy (non-hydrogen) atoms. The normalized spacial score (nSPS) is 11.2. The fourth-order valence-electron chi connectivity index (χ4n) is 1.76. The van der Waals surface area contributed by atoms with Crippen molar-refractivity contribution < 1.29 is 18.3 Å². The van der Waals surface area contributed by atoms with Crippen LogP contribution >= 0.6 is 15.9 Å². The lowest BCUT2D eigenvalue weighted by molar-refractivity contribution is 0.281. The molecule has 0 amide bonds. The van der Waals surface area contributed by atoms with E-state index in [2.05, 4.69) is 20.7 Å². The molecule has 7 heteroatoms. The smallest absolute Gasteiger partial charge is 0.263 e. The van der Waals surface area contributed by atoms with E-state index in [9.17, 15) is 8.42 Å². The van der Waals surface area contributed by atoms with Gasteiger partial charge in [-0.05, 0) is 45.8 Å². The number of hydrogen-bond acceptors (Lipinski definition) is 4. The third-order valence-electron chi connectivity index (χ3n) is 2.79. The number of sulfonamides is 1. The number of aliphatic hydroxyl groups excluding tert-OH is 1. The summed E-state index contributed by atoms with van der Waals surface area (Å²) in [5.41, 5.74) is 1.04. The molecule has 0 bridgehead atoms. The molecule has 0 aliphatic heterocycles. The third-order valence-corrected chi connectivity index (χ3v) is 5.15. The van der Waals surface area contributed by atoms with Crippen LogP contribution in [0.5, 0.6) is 5.75 Å². The Bertz CT molecular complexity index is 746. The van der Waals surface area contributed by atoms with Gasteiger partial charge in [-0.1, -0.05) is 12.1 Å². The molecule has 2 N–H and O–H groups in total. The first-order valence-electron chi connectivity index (χ1n) is 6.02. The Hall–Kier alpha value is -1.57. The molecule has 0 aromatic heterocycles. The summed E-state index contributed by atoms with van der Waals surface area (Å²) in [5.74, 6) is 0.560. The lowest BCUT2D eigenvalue weighted by Gasteiger charge is -2.11. The van der Waals surface area contributed by atoms with Gasteiger partial charge in [0.2, 0.25) is 0 Å². The Morgan fingerprint density at radius 3 is 2.62 bits per heavy atom. The van der Waals surface area contributed by atoms with Crippen molar-refractivity contribution in [2.75, 3.05) is 11.8 Å². The molecule has 2 aromatic rings. The van der Waals surface area contributed by atoms with E-state index >= 15 is 0 Å². The fourth-order valence-corrected chi connectivity index (χ4v) is 3.93. The second-order valence-corrected chi connectivity index (χ2v) is 6.77. The van der Waals surface area contributed by atoms with Crippen LogP contribution in [0.4, 0.5) is 5.69 Å². The summed E-state index contributed by atoms with van der Waals surface area (Å²) >= 11 is 3.21. The van der Waals surface area contributed by atoms with Crippen molar-refractivity contribution in [1.29, 1.82) is 0 Å². The molecular weight excluding hydrogens is 358 g/mol. The van der Waals surface area contributed by atoms with Gasteiger partial charge in [0.05, 0.1) is 19.4 Å². The molecule has 0 saturated carbocycles. The van der Waals surface area contributed by atoms with Gasteiger partial charge in [0.1, 0.15) is 10.6 Å². The average Bonchev–Trinajstić information content (AvgIpc) is 2.46. The average molecular weight is 372 g/mol. The molecule has 2 rings (SSSR count). The number of aliphatic hydroxyl groups is 1. The van der Waals surface area contributed by atoms with Crippen molar-refractivity contribution >= 4 is 31.6 Å². The summed E-state index contributed by atoms with van der Waals surface area (Å²) in [6, 6.07) is 11.2. The number of nitrogens with one attached hydrogen (secondary N) is 1. The SMILES string of the molecule is COc1cccc(NS(=O)(=O)c2ccc(CO)cc2Br)c1.